The third-order valence-corrected chi connectivity index (χ3v) is 6.83. The van der Waals surface area contributed by atoms with E-state index in [0.29, 0.717) is 33.1 Å². The van der Waals surface area contributed by atoms with E-state index in [1.807, 2.05) is 35.7 Å². The molecule has 0 saturated heterocycles. The van der Waals surface area contributed by atoms with Gasteiger partial charge in [-0.05, 0) is 48.9 Å². The Morgan fingerprint density at radius 1 is 1.06 bits per heavy atom. The van der Waals surface area contributed by atoms with E-state index in [1.54, 1.807) is 37.4 Å². The van der Waals surface area contributed by atoms with E-state index >= 15 is 0 Å². The fraction of sp³-hybridized carbons (Fsp3) is 0.0833. The number of pyridine rings is 1. The highest BCUT2D eigenvalue weighted by Gasteiger charge is 2.15. The number of hydrogen-bond acceptors (Lipinski definition) is 6. The van der Waals surface area contributed by atoms with E-state index in [4.69, 9.17) is 4.98 Å². The highest BCUT2D eigenvalue weighted by atomic mass is 32.2. The molecule has 0 amide bonds. The highest BCUT2D eigenvalue weighted by molar-refractivity contribution is 7.98. The number of para-hydroxylation sites is 1. The second-order valence-corrected chi connectivity index (χ2v) is 8.93. The highest BCUT2D eigenvalue weighted by Crippen LogP contribution is 2.28. The first-order valence-corrected chi connectivity index (χ1v) is 11.7. The Hall–Kier alpha value is -3.36. The number of aromatic nitrogens is 4. The maximum atomic E-state index is 14.3. The van der Waals surface area contributed by atoms with Gasteiger partial charge in [0, 0.05) is 17.3 Å². The third kappa shape index (κ3) is 3.94. The molecular formula is C24H17FN4OS2. The Morgan fingerprint density at radius 3 is 2.72 bits per heavy atom. The van der Waals surface area contributed by atoms with Crippen molar-refractivity contribution in [3.8, 4) is 16.4 Å². The lowest BCUT2D eigenvalue weighted by molar-refractivity contribution is 0.615. The minimum Gasteiger partial charge on any atom is -0.268 e. The van der Waals surface area contributed by atoms with Crippen LogP contribution in [-0.4, -0.2) is 19.5 Å². The SMILES string of the molecule is Cc1ccc(-n2c(SCc3csc(-c4ccccn4)n3)nc3ccccc3c2=O)cc1F. The van der Waals surface area contributed by atoms with Crippen molar-refractivity contribution in [1.82, 2.24) is 19.5 Å². The molecule has 5 nitrogen and oxygen atoms in total. The first-order chi connectivity index (χ1) is 15.6. The quantitative estimate of drug-likeness (QED) is 0.251. The average molecular weight is 461 g/mol. The van der Waals surface area contributed by atoms with Crippen LogP contribution in [0.2, 0.25) is 0 Å². The van der Waals surface area contributed by atoms with Crippen LogP contribution in [-0.2, 0) is 5.75 Å². The molecule has 0 fully saturated rings. The van der Waals surface area contributed by atoms with E-state index in [2.05, 4.69) is 9.97 Å². The van der Waals surface area contributed by atoms with Crippen LogP contribution in [0.1, 0.15) is 11.3 Å². The molecule has 2 aromatic carbocycles. The Bertz CT molecular complexity index is 1480. The Balaban J connectivity index is 1.54. The fourth-order valence-corrected chi connectivity index (χ4v) is 5.08. The molecule has 0 atom stereocenters. The van der Waals surface area contributed by atoms with Gasteiger partial charge in [0.1, 0.15) is 10.8 Å². The first kappa shape index (κ1) is 20.5. The van der Waals surface area contributed by atoms with Gasteiger partial charge in [-0.3, -0.25) is 14.3 Å². The van der Waals surface area contributed by atoms with Crippen LogP contribution in [0.5, 0.6) is 0 Å². The van der Waals surface area contributed by atoms with Crippen molar-refractivity contribution in [2.24, 2.45) is 0 Å². The van der Waals surface area contributed by atoms with Crippen molar-refractivity contribution >= 4 is 34.0 Å². The van der Waals surface area contributed by atoms with Crippen molar-refractivity contribution in [2.75, 3.05) is 0 Å². The van der Waals surface area contributed by atoms with Crippen molar-refractivity contribution in [3.05, 3.63) is 99.7 Å². The standard InChI is InChI=1S/C24H17FN4OS2/c1-15-9-10-17(12-19(15)25)29-23(30)18-6-2-3-7-20(18)28-24(29)32-14-16-13-31-22(27-16)21-8-4-5-11-26-21/h2-13H,14H2,1H3. The summed E-state index contributed by atoms with van der Waals surface area (Å²) in [6, 6.07) is 17.7. The van der Waals surface area contributed by atoms with E-state index in [-0.39, 0.29) is 11.4 Å². The molecule has 8 heteroatoms. The summed E-state index contributed by atoms with van der Waals surface area (Å²) < 4.78 is 15.8. The van der Waals surface area contributed by atoms with Crippen LogP contribution >= 0.6 is 23.1 Å². The van der Waals surface area contributed by atoms with Gasteiger partial charge in [0.15, 0.2) is 5.16 Å². The lowest BCUT2D eigenvalue weighted by atomic mass is 10.2. The topological polar surface area (TPSA) is 60.7 Å². The number of thiazole rings is 1. The number of fused-ring (bicyclic) bond motifs is 1. The van der Waals surface area contributed by atoms with Crippen molar-refractivity contribution < 1.29 is 4.39 Å². The molecule has 0 spiro atoms. The summed E-state index contributed by atoms with van der Waals surface area (Å²) in [5.74, 6) is 0.153. The lowest BCUT2D eigenvalue weighted by Gasteiger charge is -2.13. The van der Waals surface area contributed by atoms with Crippen molar-refractivity contribution in [3.63, 3.8) is 0 Å². The summed E-state index contributed by atoms with van der Waals surface area (Å²) in [4.78, 5) is 27.0. The number of hydrogen-bond donors (Lipinski definition) is 0. The van der Waals surface area contributed by atoms with Gasteiger partial charge in [-0.1, -0.05) is 36.0 Å². The number of halogens is 1. The molecule has 0 bridgehead atoms. The molecule has 0 aliphatic rings. The Morgan fingerprint density at radius 2 is 1.91 bits per heavy atom. The Labute approximate surface area is 191 Å². The van der Waals surface area contributed by atoms with E-state index < -0.39 is 0 Å². The molecule has 0 saturated carbocycles. The first-order valence-electron chi connectivity index (χ1n) is 9.87. The molecule has 5 aromatic rings. The van der Waals surface area contributed by atoms with Gasteiger partial charge in [0.25, 0.3) is 5.56 Å². The van der Waals surface area contributed by atoms with E-state index in [9.17, 15) is 9.18 Å². The number of rotatable bonds is 5. The number of nitrogens with zero attached hydrogens (tertiary/aromatic N) is 4. The van der Waals surface area contributed by atoms with E-state index in [0.717, 1.165) is 16.4 Å². The average Bonchev–Trinajstić information content (AvgIpc) is 3.30. The van der Waals surface area contributed by atoms with Crippen molar-refractivity contribution in [2.45, 2.75) is 17.8 Å². The molecule has 0 unspecified atom stereocenters. The smallest absolute Gasteiger partial charge is 0.266 e. The molecule has 0 aliphatic heterocycles. The summed E-state index contributed by atoms with van der Waals surface area (Å²) >= 11 is 2.92. The van der Waals surface area contributed by atoms with Crippen LogP contribution in [0.15, 0.2) is 82.2 Å². The molecule has 5 rings (SSSR count). The number of benzene rings is 2. The Kier molecular flexibility index (Phi) is 5.55. The zero-order valence-electron chi connectivity index (χ0n) is 17.0. The normalized spacial score (nSPS) is 11.2. The summed E-state index contributed by atoms with van der Waals surface area (Å²) in [7, 11) is 0. The summed E-state index contributed by atoms with van der Waals surface area (Å²) in [6.07, 6.45) is 1.74. The maximum absolute atomic E-state index is 14.3. The molecule has 0 radical (unpaired) electrons. The predicted octanol–water partition coefficient (Wildman–Crippen LogP) is 5.64. The molecule has 3 aromatic heterocycles. The van der Waals surface area contributed by atoms with Gasteiger partial charge in [0.05, 0.1) is 28.0 Å². The molecule has 158 valence electrons. The molecule has 0 aliphatic carbocycles. The van der Waals surface area contributed by atoms with Gasteiger partial charge in [-0.25, -0.2) is 14.4 Å². The zero-order valence-corrected chi connectivity index (χ0v) is 18.7. The fourth-order valence-electron chi connectivity index (χ4n) is 3.28. The van der Waals surface area contributed by atoms with Crippen LogP contribution < -0.4 is 5.56 Å². The summed E-state index contributed by atoms with van der Waals surface area (Å²) in [5.41, 5.74) is 3.04. The second kappa shape index (κ2) is 8.64. The van der Waals surface area contributed by atoms with Gasteiger partial charge < -0.3 is 0 Å². The van der Waals surface area contributed by atoms with Crippen LogP contribution in [0, 0.1) is 12.7 Å². The third-order valence-electron chi connectivity index (χ3n) is 4.94. The number of thioether (sulfide) groups is 1. The summed E-state index contributed by atoms with van der Waals surface area (Å²) in [5, 5.41) is 3.80. The molecule has 32 heavy (non-hydrogen) atoms. The number of aryl methyl sites for hydroxylation is 1. The van der Waals surface area contributed by atoms with Crippen molar-refractivity contribution in [1.29, 1.82) is 0 Å². The second-order valence-electron chi connectivity index (χ2n) is 7.13. The van der Waals surface area contributed by atoms with Gasteiger partial charge >= 0.3 is 0 Å². The van der Waals surface area contributed by atoms with Crippen LogP contribution in [0.25, 0.3) is 27.3 Å². The van der Waals surface area contributed by atoms with Crippen LogP contribution in [0.4, 0.5) is 4.39 Å². The van der Waals surface area contributed by atoms with Gasteiger partial charge in [-0.2, -0.15) is 0 Å². The minimum atomic E-state index is -0.363. The largest absolute Gasteiger partial charge is 0.268 e. The van der Waals surface area contributed by atoms with Crippen LogP contribution in [0.3, 0.4) is 0 Å². The minimum absolute atomic E-state index is 0.228. The molecule has 0 N–H and O–H groups in total. The zero-order chi connectivity index (χ0) is 22.1. The molecule has 3 heterocycles. The predicted molar refractivity (Wildman–Crippen MR) is 127 cm³/mol. The van der Waals surface area contributed by atoms with E-state index in [1.165, 1.54) is 33.7 Å². The molecular weight excluding hydrogens is 443 g/mol. The van der Waals surface area contributed by atoms with Gasteiger partial charge in [0.2, 0.25) is 0 Å². The summed E-state index contributed by atoms with van der Waals surface area (Å²) in [6.45, 7) is 1.69. The van der Waals surface area contributed by atoms with Gasteiger partial charge in [-0.15, -0.1) is 11.3 Å². The monoisotopic (exact) mass is 460 g/mol. The lowest BCUT2D eigenvalue weighted by Crippen LogP contribution is -2.22. The maximum Gasteiger partial charge on any atom is 0.266 e.